The lowest BCUT2D eigenvalue weighted by molar-refractivity contribution is 0.0655. The zero-order valence-corrected chi connectivity index (χ0v) is 12.5. The van der Waals surface area contributed by atoms with Crippen LogP contribution < -0.4 is 5.32 Å². The number of nitrogens with one attached hydrogen (secondary N) is 1. The van der Waals surface area contributed by atoms with Crippen molar-refractivity contribution >= 4 is 11.7 Å². The number of oxime groups is 1. The lowest BCUT2D eigenvalue weighted by Gasteiger charge is -2.21. The van der Waals surface area contributed by atoms with E-state index in [2.05, 4.69) is 10.5 Å². The predicted molar refractivity (Wildman–Crippen MR) is 78.7 cm³/mol. The van der Waals surface area contributed by atoms with Gasteiger partial charge in [0.1, 0.15) is 5.82 Å². The molecular weight excluding hydrogens is 273 g/mol. The molecule has 1 unspecified atom stereocenters. The molecule has 1 atom stereocenters. The van der Waals surface area contributed by atoms with Gasteiger partial charge in [0.05, 0.1) is 12.3 Å². The maximum absolute atomic E-state index is 13.2. The van der Waals surface area contributed by atoms with Crippen LogP contribution in [0.25, 0.3) is 0 Å². The smallest absolute Gasteiger partial charge is 0.317 e. The Hall–Kier alpha value is -2.11. The van der Waals surface area contributed by atoms with Crippen molar-refractivity contribution in [2.75, 3.05) is 13.6 Å². The lowest BCUT2D eigenvalue weighted by Crippen LogP contribution is -2.43. The van der Waals surface area contributed by atoms with Gasteiger partial charge in [0.2, 0.25) is 0 Å². The van der Waals surface area contributed by atoms with Gasteiger partial charge in [0, 0.05) is 25.1 Å². The summed E-state index contributed by atoms with van der Waals surface area (Å²) in [4.78, 5) is 18.7. The van der Waals surface area contributed by atoms with Crippen molar-refractivity contribution in [2.45, 2.75) is 32.4 Å². The molecule has 114 valence electrons. The van der Waals surface area contributed by atoms with Crippen molar-refractivity contribution in [3.63, 3.8) is 0 Å². The molecule has 0 bridgehead atoms. The van der Waals surface area contributed by atoms with Gasteiger partial charge in [-0.1, -0.05) is 17.3 Å². The van der Waals surface area contributed by atoms with Crippen LogP contribution in [0.5, 0.6) is 0 Å². The molecule has 1 aromatic rings. The predicted octanol–water partition coefficient (Wildman–Crippen LogP) is 2.37. The van der Waals surface area contributed by atoms with Crippen LogP contribution in [0.4, 0.5) is 9.18 Å². The van der Waals surface area contributed by atoms with Crippen LogP contribution in [0.15, 0.2) is 29.4 Å². The highest BCUT2D eigenvalue weighted by molar-refractivity contribution is 6.01. The van der Waals surface area contributed by atoms with Gasteiger partial charge in [-0.3, -0.25) is 0 Å². The Balaban J connectivity index is 1.88. The molecule has 1 N–H and O–H groups in total. The Morgan fingerprint density at radius 1 is 1.57 bits per heavy atom. The number of carbonyl (C=O) groups is 1. The van der Waals surface area contributed by atoms with Crippen LogP contribution >= 0.6 is 0 Å². The van der Waals surface area contributed by atoms with E-state index in [1.165, 1.54) is 12.1 Å². The molecule has 1 aromatic carbocycles. The van der Waals surface area contributed by atoms with E-state index >= 15 is 0 Å². The molecule has 0 saturated heterocycles. The first-order chi connectivity index (χ1) is 9.95. The van der Waals surface area contributed by atoms with Gasteiger partial charge in [-0.05, 0) is 26.0 Å². The van der Waals surface area contributed by atoms with Crippen LogP contribution in [0.3, 0.4) is 0 Å². The highest BCUT2D eigenvalue weighted by Gasteiger charge is 2.25. The maximum atomic E-state index is 13.2. The normalized spacial score (nSPS) is 17.4. The molecule has 1 aliphatic rings. The van der Waals surface area contributed by atoms with Crippen LogP contribution in [0, 0.1) is 5.82 Å². The summed E-state index contributed by atoms with van der Waals surface area (Å²) in [6.45, 7) is 4.24. The molecule has 6 heteroatoms. The molecule has 0 aliphatic carbocycles. The molecule has 1 heterocycles. The average Bonchev–Trinajstić information content (AvgIpc) is 2.86. The number of likely N-dealkylation sites (N-methyl/N-ethyl adjacent to an activating group) is 1. The fourth-order valence-electron chi connectivity index (χ4n) is 2.11. The van der Waals surface area contributed by atoms with E-state index in [9.17, 15) is 9.18 Å². The minimum Gasteiger partial charge on any atom is -0.390 e. The molecule has 0 aromatic heterocycles. The van der Waals surface area contributed by atoms with E-state index in [0.717, 1.165) is 0 Å². The monoisotopic (exact) mass is 293 g/mol. The zero-order valence-electron chi connectivity index (χ0n) is 12.5. The third-order valence-corrected chi connectivity index (χ3v) is 3.13. The van der Waals surface area contributed by atoms with Gasteiger partial charge in [0.25, 0.3) is 0 Å². The number of hydrogen-bond acceptors (Lipinski definition) is 3. The summed E-state index contributed by atoms with van der Waals surface area (Å²) in [5.74, 6) is -0.299. The molecule has 0 spiro atoms. The largest absolute Gasteiger partial charge is 0.390 e. The van der Waals surface area contributed by atoms with Gasteiger partial charge < -0.3 is 15.1 Å². The molecule has 5 nitrogen and oxygen atoms in total. The number of amides is 2. The highest BCUT2D eigenvalue weighted by Crippen LogP contribution is 2.18. The molecule has 1 aliphatic heterocycles. The number of benzene rings is 1. The molecule has 21 heavy (non-hydrogen) atoms. The Morgan fingerprint density at radius 3 is 3.00 bits per heavy atom. The molecular formula is C15H20FN3O2. The summed E-state index contributed by atoms with van der Waals surface area (Å²) in [5, 5.41) is 6.80. The van der Waals surface area contributed by atoms with Gasteiger partial charge in [-0.15, -0.1) is 0 Å². The topological polar surface area (TPSA) is 53.9 Å². The second-order valence-electron chi connectivity index (χ2n) is 5.46. The summed E-state index contributed by atoms with van der Waals surface area (Å²) in [6.07, 6.45) is 0.356. The van der Waals surface area contributed by atoms with E-state index in [1.807, 2.05) is 13.8 Å². The first kappa shape index (κ1) is 15.3. The molecule has 0 saturated carbocycles. The first-order valence-corrected chi connectivity index (χ1v) is 6.96. The third kappa shape index (κ3) is 4.18. The van der Waals surface area contributed by atoms with E-state index < -0.39 is 0 Å². The van der Waals surface area contributed by atoms with Crippen molar-refractivity contribution < 1.29 is 14.0 Å². The number of urea groups is 1. The minimum atomic E-state index is -0.299. The van der Waals surface area contributed by atoms with Gasteiger partial charge in [-0.25, -0.2) is 9.18 Å². The number of hydrogen-bond donors (Lipinski definition) is 1. The summed E-state index contributed by atoms with van der Waals surface area (Å²) in [5.41, 5.74) is 1.42. The number of rotatable bonds is 4. The SMILES string of the molecule is CC(C)NC(=O)N(C)CC1CC(c2cccc(F)c2)=NO1. The van der Waals surface area contributed by atoms with Crippen LogP contribution in [-0.4, -0.2) is 42.4 Å². The Kier molecular flexibility index (Phi) is 4.77. The average molecular weight is 293 g/mol. The zero-order chi connectivity index (χ0) is 15.4. The van der Waals surface area contributed by atoms with Crippen LogP contribution in [0.1, 0.15) is 25.8 Å². The van der Waals surface area contributed by atoms with E-state index in [4.69, 9.17) is 4.84 Å². The second kappa shape index (κ2) is 6.56. The standard InChI is InChI=1S/C15H20FN3O2/c1-10(2)17-15(20)19(3)9-13-8-14(18-21-13)11-5-4-6-12(16)7-11/h4-7,10,13H,8-9H2,1-3H3,(H,17,20). The highest BCUT2D eigenvalue weighted by atomic mass is 19.1. The third-order valence-electron chi connectivity index (χ3n) is 3.13. The Labute approximate surface area is 123 Å². The second-order valence-corrected chi connectivity index (χ2v) is 5.46. The molecule has 2 amide bonds. The molecule has 0 radical (unpaired) electrons. The molecule has 2 rings (SSSR count). The van der Waals surface area contributed by atoms with E-state index in [-0.39, 0.29) is 24.0 Å². The minimum absolute atomic E-state index is 0.0866. The summed E-state index contributed by atoms with van der Waals surface area (Å²) in [7, 11) is 1.71. The fraction of sp³-hybridized carbons (Fsp3) is 0.467. The van der Waals surface area contributed by atoms with Crippen molar-refractivity contribution in [2.24, 2.45) is 5.16 Å². The first-order valence-electron chi connectivity index (χ1n) is 6.96. The van der Waals surface area contributed by atoms with Crippen molar-refractivity contribution in [1.82, 2.24) is 10.2 Å². The summed E-state index contributed by atoms with van der Waals surface area (Å²) >= 11 is 0. The summed E-state index contributed by atoms with van der Waals surface area (Å²) < 4.78 is 13.2. The Bertz CT molecular complexity index is 545. The van der Waals surface area contributed by atoms with Gasteiger partial charge in [0.15, 0.2) is 6.10 Å². The van der Waals surface area contributed by atoms with Crippen molar-refractivity contribution in [3.05, 3.63) is 35.6 Å². The maximum Gasteiger partial charge on any atom is 0.317 e. The van der Waals surface area contributed by atoms with Gasteiger partial charge in [-0.2, -0.15) is 0 Å². The number of halogens is 1. The number of carbonyl (C=O) groups excluding carboxylic acids is 1. The van der Waals surface area contributed by atoms with Gasteiger partial charge >= 0.3 is 6.03 Å². The van der Waals surface area contributed by atoms with E-state index in [0.29, 0.717) is 24.2 Å². The van der Waals surface area contributed by atoms with Crippen molar-refractivity contribution in [1.29, 1.82) is 0 Å². The number of nitrogens with zero attached hydrogens (tertiary/aromatic N) is 2. The quantitative estimate of drug-likeness (QED) is 0.926. The fourth-order valence-corrected chi connectivity index (χ4v) is 2.11. The van der Waals surface area contributed by atoms with Crippen LogP contribution in [0.2, 0.25) is 0 Å². The molecule has 0 fully saturated rings. The van der Waals surface area contributed by atoms with Crippen LogP contribution in [-0.2, 0) is 4.84 Å². The lowest BCUT2D eigenvalue weighted by atomic mass is 10.0. The van der Waals surface area contributed by atoms with E-state index in [1.54, 1.807) is 24.1 Å². The van der Waals surface area contributed by atoms with Crippen molar-refractivity contribution in [3.8, 4) is 0 Å². The summed E-state index contributed by atoms with van der Waals surface area (Å²) in [6, 6.07) is 6.20. The Morgan fingerprint density at radius 2 is 2.33 bits per heavy atom.